The minimum atomic E-state index is -3.34. The van der Waals surface area contributed by atoms with Gasteiger partial charge in [0.2, 0.25) is 0 Å². The van der Waals surface area contributed by atoms with Crippen LogP contribution in [0.3, 0.4) is 0 Å². The number of nitrogens with zero attached hydrogens (tertiary/aromatic N) is 4. The summed E-state index contributed by atoms with van der Waals surface area (Å²) in [5.74, 6) is 0. The number of rotatable bonds is 7. The van der Waals surface area contributed by atoms with Crippen molar-refractivity contribution >= 4 is 30.5 Å². The molecule has 174 valence electrons. The first kappa shape index (κ1) is 23.2. The molecule has 2 aliphatic heterocycles. The van der Waals surface area contributed by atoms with Crippen molar-refractivity contribution in [3.05, 3.63) is 17.8 Å². The Morgan fingerprint density at radius 3 is 2.61 bits per heavy atom. The molecule has 0 saturated carbocycles. The Kier molecular flexibility index (Phi) is 5.85. The molecular formula is C19H30ClN4O6P. The van der Waals surface area contributed by atoms with Gasteiger partial charge in [-0.25, -0.2) is 0 Å². The predicted octanol–water partition coefficient (Wildman–Crippen LogP) is 1.75. The molecule has 0 bridgehead atoms. The molecule has 0 amide bonds. The number of aromatic nitrogens is 4. The third-order valence-corrected chi connectivity index (χ3v) is 11.5. The standard InChI is InChI=1S/C19H30ClN4O6P/c1-5-18(4,30-31(28)10(3)19(31,27)6-2)7-11-13(25)14(26)17(29-11)24-9-23-12-15(20)21-8-22-16(12)24/h8-11,13-14,17,25-28,31H,5-7H2,1-4H3/t10?,11-,13-,14-,17+,18?,19?/m1/s1. The molecule has 4 rings (SSSR count). The topological polar surface area (TPSA) is 143 Å². The monoisotopic (exact) mass is 476 g/mol. The second kappa shape index (κ2) is 7.81. The van der Waals surface area contributed by atoms with Crippen molar-refractivity contribution in [2.75, 3.05) is 0 Å². The van der Waals surface area contributed by atoms with Crippen molar-refractivity contribution in [2.45, 2.75) is 88.1 Å². The number of hydrogen-bond donors (Lipinski definition) is 4. The Morgan fingerprint density at radius 1 is 1.29 bits per heavy atom. The molecule has 0 spiro atoms. The minimum absolute atomic E-state index is 0.181. The van der Waals surface area contributed by atoms with Gasteiger partial charge in [-0.3, -0.25) is 0 Å². The summed E-state index contributed by atoms with van der Waals surface area (Å²) in [5, 5.41) is 31.1. The van der Waals surface area contributed by atoms with Crippen LogP contribution in [0.5, 0.6) is 0 Å². The molecule has 2 aromatic rings. The van der Waals surface area contributed by atoms with E-state index >= 15 is 0 Å². The van der Waals surface area contributed by atoms with Crippen molar-refractivity contribution < 1.29 is 29.5 Å². The van der Waals surface area contributed by atoms with Crippen LogP contribution in [0.4, 0.5) is 0 Å². The van der Waals surface area contributed by atoms with Crippen molar-refractivity contribution in [1.82, 2.24) is 19.5 Å². The quantitative estimate of drug-likeness (QED) is 0.347. The van der Waals surface area contributed by atoms with E-state index in [0.29, 0.717) is 24.0 Å². The fraction of sp³-hybridized carbons (Fsp3) is 0.737. The van der Waals surface area contributed by atoms with Crippen LogP contribution in [0.1, 0.15) is 53.2 Å². The van der Waals surface area contributed by atoms with E-state index in [2.05, 4.69) is 15.0 Å². The van der Waals surface area contributed by atoms with Gasteiger partial charge in [0.25, 0.3) is 0 Å². The first-order valence-corrected chi connectivity index (χ1v) is 12.8. The van der Waals surface area contributed by atoms with E-state index in [1.165, 1.54) is 17.2 Å². The van der Waals surface area contributed by atoms with Crippen LogP contribution in [0.25, 0.3) is 11.2 Å². The molecular weight excluding hydrogens is 447 g/mol. The molecule has 2 aromatic heterocycles. The predicted molar refractivity (Wildman–Crippen MR) is 116 cm³/mol. The molecule has 2 saturated heterocycles. The van der Waals surface area contributed by atoms with E-state index in [-0.39, 0.29) is 17.2 Å². The molecule has 12 heteroatoms. The molecule has 0 aliphatic carbocycles. The van der Waals surface area contributed by atoms with Gasteiger partial charge in [-0.15, -0.1) is 0 Å². The number of ether oxygens (including phenoxy) is 1. The van der Waals surface area contributed by atoms with Crippen molar-refractivity contribution in [2.24, 2.45) is 0 Å². The van der Waals surface area contributed by atoms with Crippen LogP contribution in [0.15, 0.2) is 12.7 Å². The van der Waals surface area contributed by atoms with Crippen molar-refractivity contribution in [1.29, 1.82) is 0 Å². The number of fused-ring (bicyclic) bond motifs is 1. The summed E-state index contributed by atoms with van der Waals surface area (Å²) in [5.41, 5.74) is -0.398. The molecule has 0 aromatic carbocycles. The van der Waals surface area contributed by atoms with Gasteiger partial charge in [0.05, 0.1) is 0 Å². The normalized spacial score (nSPS) is 37.6. The van der Waals surface area contributed by atoms with E-state index in [0.717, 1.165) is 0 Å². The summed E-state index contributed by atoms with van der Waals surface area (Å²) >= 11 is 6.05. The summed E-state index contributed by atoms with van der Waals surface area (Å²) < 4.78 is 13.7. The van der Waals surface area contributed by atoms with Crippen LogP contribution >= 0.6 is 19.3 Å². The second-order valence-electron chi connectivity index (χ2n) is 8.84. The fourth-order valence-corrected chi connectivity index (χ4v) is 8.51. The number of hydrogen-bond acceptors (Lipinski definition) is 9. The van der Waals surface area contributed by atoms with E-state index < -0.39 is 43.2 Å². The summed E-state index contributed by atoms with van der Waals surface area (Å²) in [4.78, 5) is 23.2. The molecule has 7 atom stereocenters. The summed E-state index contributed by atoms with van der Waals surface area (Å²) in [6.45, 7) is 7.36. The Labute approximate surface area is 185 Å². The number of imidazole rings is 1. The van der Waals surface area contributed by atoms with E-state index in [1.807, 2.05) is 20.8 Å². The zero-order valence-electron chi connectivity index (χ0n) is 17.9. The Bertz CT molecular complexity index is 982. The van der Waals surface area contributed by atoms with Gasteiger partial charge in [-0.2, -0.15) is 0 Å². The molecule has 4 heterocycles. The van der Waals surface area contributed by atoms with Gasteiger partial charge in [-0.1, -0.05) is 0 Å². The van der Waals surface area contributed by atoms with Crippen molar-refractivity contribution in [3.63, 3.8) is 0 Å². The van der Waals surface area contributed by atoms with Gasteiger partial charge >= 0.3 is 185 Å². The zero-order valence-corrected chi connectivity index (χ0v) is 19.7. The fourth-order valence-electron chi connectivity index (χ4n) is 4.59. The van der Waals surface area contributed by atoms with Crippen LogP contribution < -0.4 is 0 Å². The van der Waals surface area contributed by atoms with Crippen LogP contribution in [0, 0.1) is 0 Å². The maximum atomic E-state index is 11.0. The summed E-state index contributed by atoms with van der Waals surface area (Å²) in [7, 11) is -3.34. The average molecular weight is 477 g/mol. The first-order valence-electron chi connectivity index (χ1n) is 10.5. The maximum absolute atomic E-state index is 11.0. The number of aliphatic hydroxyl groups excluding tert-OH is 2. The molecule has 31 heavy (non-hydrogen) atoms. The number of aliphatic hydroxyl groups is 3. The Morgan fingerprint density at radius 2 is 2.00 bits per heavy atom. The Hall–Kier alpha value is -0.970. The van der Waals surface area contributed by atoms with E-state index in [9.17, 15) is 20.2 Å². The van der Waals surface area contributed by atoms with Crippen molar-refractivity contribution in [3.8, 4) is 0 Å². The van der Waals surface area contributed by atoms with Gasteiger partial charge < -0.3 is 0 Å². The second-order valence-corrected chi connectivity index (χ2v) is 12.5. The van der Waals surface area contributed by atoms with Gasteiger partial charge in [0.15, 0.2) is 0 Å². The summed E-state index contributed by atoms with van der Waals surface area (Å²) in [6.07, 6.45) is -0.216. The average Bonchev–Trinajstić information content (AvgIpc) is 3.10. The van der Waals surface area contributed by atoms with E-state index in [1.54, 1.807) is 6.92 Å². The molecule has 0 radical (unpaired) electrons. The first-order chi connectivity index (χ1) is 14.5. The van der Waals surface area contributed by atoms with Gasteiger partial charge in [0, 0.05) is 0 Å². The van der Waals surface area contributed by atoms with Crippen LogP contribution in [-0.2, 0) is 9.26 Å². The zero-order chi connectivity index (χ0) is 22.8. The van der Waals surface area contributed by atoms with Gasteiger partial charge in [0.1, 0.15) is 0 Å². The molecule has 4 N–H and O–H groups in total. The molecule has 2 fully saturated rings. The molecule has 3 unspecified atom stereocenters. The van der Waals surface area contributed by atoms with E-state index in [4.69, 9.17) is 20.9 Å². The summed E-state index contributed by atoms with van der Waals surface area (Å²) in [6, 6.07) is 0. The van der Waals surface area contributed by atoms with Gasteiger partial charge in [-0.05, 0) is 0 Å². The third kappa shape index (κ3) is 3.48. The number of halogens is 1. The molecule has 2 aliphatic rings. The van der Waals surface area contributed by atoms with Crippen LogP contribution in [-0.4, -0.2) is 74.6 Å². The molecule has 10 nitrogen and oxygen atoms in total. The SMILES string of the molecule is CCC(C)(C[C@H]1O[C@H](n2cnc3c(Cl)ncnc32)[C@H](O)[C@@H]1O)O[PH]1(O)C(C)C1(O)CC. The Balaban J connectivity index is 1.54. The van der Waals surface area contributed by atoms with Crippen LogP contribution in [0.2, 0.25) is 5.15 Å². The third-order valence-electron chi connectivity index (χ3n) is 7.09.